The van der Waals surface area contributed by atoms with Crippen molar-refractivity contribution in [3.05, 3.63) is 46.8 Å². The predicted octanol–water partition coefficient (Wildman–Crippen LogP) is 3.04. The minimum atomic E-state index is -0.0790. The van der Waals surface area contributed by atoms with Gasteiger partial charge in [-0.2, -0.15) is 0 Å². The van der Waals surface area contributed by atoms with Crippen LogP contribution in [-0.2, 0) is 17.6 Å². The molecule has 0 atom stereocenters. The number of aryl methyl sites for hydroxylation is 3. The Labute approximate surface area is 112 Å². The number of carbonyl (C=O) groups is 1. The van der Waals surface area contributed by atoms with E-state index in [4.69, 9.17) is 4.52 Å². The summed E-state index contributed by atoms with van der Waals surface area (Å²) < 4.78 is 4.95. The minimum absolute atomic E-state index is 0.0790. The molecule has 0 saturated heterocycles. The van der Waals surface area contributed by atoms with Gasteiger partial charge in [0.2, 0.25) is 5.91 Å². The fourth-order valence-corrected chi connectivity index (χ4v) is 1.88. The monoisotopic (exact) mass is 258 g/mol. The lowest BCUT2D eigenvalue weighted by molar-refractivity contribution is -0.115. The summed E-state index contributed by atoms with van der Waals surface area (Å²) in [6.07, 6.45) is 1.18. The number of rotatable bonds is 4. The van der Waals surface area contributed by atoms with Crippen molar-refractivity contribution >= 4 is 11.6 Å². The molecule has 4 nitrogen and oxygen atoms in total. The van der Waals surface area contributed by atoms with Crippen molar-refractivity contribution in [2.24, 2.45) is 0 Å². The molecule has 0 aliphatic carbocycles. The third-order valence-electron chi connectivity index (χ3n) is 3.00. The molecule has 1 aromatic heterocycles. The Morgan fingerprint density at radius 2 is 2.11 bits per heavy atom. The van der Waals surface area contributed by atoms with Crippen molar-refractivity contribution in [2.45, 2.75) is 33.6 Å². The van der Waals surface area contributed by atoms with Crippen molar-refractivity contribution < 1.29 is 9.32 Å². The molecule has 2 aromatic rings. The molecule has 0 aliphatic heterocycles. The molecular weight excluding hydrogens is 240 g/mol. The first-order valence-electron chi connectivity index (χ1n) is 6.40. The number of aromatic nitrogens is 1. The van der Waals surface area contributed by atoms with Crippen LogP contribution in [0.5, 0.6) is 0 Å². The van der Waals surface area contributed by atoms with Crippen molar-refractivity contribution in [3.8, 4) is 0 Å². The van der Waals surface area contributed by atoms with Crippen LogP contribution >= 0.6 is 0 Å². The zero-order valence-electron chi connectivity index (χ0n) is 11.5. The summed E-state index contributed by atoms with van der Waals surface area (Å²) in [4.78, 5) is 12.0. The maximum Gasteiger partial charge on any atom is 0.230 e. The van der Waals surface area contributed by atoms with Crippen molar-refractivity contribution in [2.75, 3.05) is 5.32 Å². The smallest absolute Gasteiger partial charge is 0.230 e. The van der Waals surface area contributed by atoms with E-state index in [0.29, 0.717) is 11.5 Å². The second-order valence-electron chi connectivity index (χ2n) is 4.66. The van der Waals surface area contributed by atoms with Crippen LogP contribution in [0.15, 0.2) is 28.8 Å². The average Bonchev–Trinajstić information content (AvgIpc) is 2.77. The van der Waals surface area contributed by atoms with Crippen LogP contribution < -0.4 is 5.32 Å². The van der Waals surface area contributed by atoms with Gasteiger partial charge in [0.1, 0.15) is 5.76 Å². The van der Waals surface area contributed by atoms with Gasteiger partial charge < -0.3 is 9.84 Å². The second-order valence-corrected chi connectivity index (χ2v) is 4.66. The van der Waals surface area contributed by atoms with E-state index in [-0.39, 0.29) is 12.3 Å². The molecular formula is C15H18N2O2. The number of benzene rings is 1. The zero-order chi connectivity index (χ0) is 13.8. The first kappa shape index (κ1) is 13.3. The SMILES string of the molecule is CCc1ccc(C)c(NC(=O)Cc2cc(C)on2)c1. The largest absolute Gasteiger partial charge is 0.361 e. The highest BCUT2D eigenvalue weighted by atomic mass is 16.5. The Morgan fingerprint density at radius 3 is 2.74 bits per heavy atom. The number of hydrogen-bond donors (Lipinski definition) is 1. The second kappa shape index (κ2) is 5.69. The molecule has 1 amide bonds. The van der Waals surface area contributed by atoms with E-state index in [0.717, 1.165) is 17.7 Å². The van der Waals surface area contributed by atoms with E-state index >= 15 is 0 Å². The van der Waals surface area contributed by atoms with Crippen molar-refractivity contribution in [3.63, 3.8) is 0 Å². The van der Waals surface area contributed by atoms with E-state index in [9.17, 15) is 4.79 Å². The number of nitrogens with zero attached hydrogens (tertiary/aromatic N) is 1. The molecule has 0 saturated carbocycles. The van der Waals surface area contributed by atoms with Crippen LogP contribution in [0.1, 0.15) is 29.5 Å². The third-order valence-corrected chi connectivity index (χ3v) is 3.00. The van der Waals surface area contributed by atoms with Gasteiger partial charge in [0.05, 0.1) is 12.1 Å². The minimum Gasteiger partial charge on any atom is -0.361 e. The predicted molar refractivity (Wildman–Crippen MR) is 74.1 cm³/mol. The van der Waals surface area contributed by atoms with Gasteiger partial charge in [0.15, 0.2) is 0 Å². The molecule has 100 valence electrons. The maximum atomic E-state index is 12.0. The number of hydrogen-bond acceptors (Lipinski definition) is 3. The van der Waals surface area contributed by atoms with Crippen LogP contribution in [0.4, 0.5) is 5.69 Å². The van der Waals surface area contributed by atoms with Gasteiger partial charge in [-0.15, -0.1) is 0 Å². The Morgan fingerprint density at radius 1 is 1.32 bits per heavy atom. The zero-order valence-corrected chi connectivity index (χ0v) is 11.5. The van der Waals surface area contributed by atoms with Gasteiger partial charge in [-0.05, 0) is 37.5 Å². The summed E-state index contributed by atoms with van der Waals surface area (Å²) in [5.41, 5.74) is 3.78. The summed E-state index contributed by atoms with van der Waals surface area (Å²) in [5.74, 6) is 0.636. The molecule has 1 heterocycles. The van der Waals surface area contributed by atoms with Gasteiger partial charge >= 0.3 is 0 Å². The van der Waals surface area contributed by atoms with Crippen molar-refractivity contribution in [1.29, 1.82) is 0 Å². The third kappa shape index (κ3) is 3.44. The highest BCUT2D eigenvalue weighted by Gasteiger charge is 2.09. The van der Waals surface area contributed by atoms with Crippen LogP contribution in [-0.4, -0.2) is 11.1 Å². The molecule has 0 spiro atoms. The number of nitrogens with one attached hydrogen (secondary N) is 1. The molecule has 0 bridgehead atoms. The Balaban J connectivity index is 2.06. The molecule has 0 radical (unpaired) electrons. The molecule has 1 N–H and O–H groups in total. The van der Waals surface area contributed by atoms with Crippen molar-refractivity contribution in [1.82, 2.24) is 5.16 Å². The molecule has 0 fully saturated rings. The molecule has 0 unspecified atom stereocenters. The average molecular weight is 258 g/mol. The highest BCUT2D eigenvalue weighted by molar-refractivity contribution is 5.92. The normalized spacial score (nSPS) is 10.5. The van der Waals surface area contributed by atoms with E-state index in [2.05, 4.69) is 23.5 Å². The highest BCUT2D eigenvalue weighted by Crippen LogP contribution is 2.17. The quantitative estimate of drug-likeness (QED) is 0.917. The van der Waals surface area contributed by atoms with Gasteiger partial charge in [0, 0.05) is 11.8 Å². The van der Waals surface area contributed by atoms with E-state index < -0.39 is 0 Å². The Kier molecular flexibility index (Phi) is 4.00. The van der Waals surface area contributed by atoms with E-state index in [1.807, 2.05) is 26.0 Å². The van der Waals surface area contributed by atoms with Gasteiger partial charge in [-0.1, -0.05) is 24.2 Å². The number of amides is 1. The summed E-state index contributed by atoms with van der Waals surface area (Å²) in [5, 5.41) is 6.74. The molecule has 2 rings (SSSR count). The summed E-state index contributed by atoms with van der Waals surface area (Å²) in [6, 6.07) is 7.89. The summed E-state index contributed by atoms with van der Waals surface area (Å²) in [7, 11) is 0. The Bertz CT molecular complexity index is 588. The van der Waals surface area contributed by atoms with Crippen LogP contribution in [0, 0.1) is 13.8 Å². The fourth-order valence-electron chi connectivity index (χ4n) is 1.88. The van der Waals surface area contributed by atoms with Crippen LogP contribution in [0.25, 0.3) is 0 Å². The first-order valence-corrected chi connectivity index (χ1v) is 6.40. The topological polar surface area (TPSA) is 55.1 Å². The molecule has 19 heavy (non-hydrogen) atoms. The van der Waals surface area contributed by atoms with Crippen LogP contribution in [0.3, 0.4) is 0 Å². The number of carbonyl (C=O) groups excluding carboxylic acids is 1. The van der Waals surface area contributed by atoms with E-state index in [1.165, 1.54) is 5.56 Å². The standard InChI is InChI=1S/C15H18N2O2/c1-4-12-6-5-10(2)14(8-12)16-15(18)9-13-7-11(3)19-17-13/h5-8H,4,9H2,1-3H3,(H,16,18). The van der Waals surface area contributed by atoms with Crippen LogP contribution in [0.2, 0.25) is 0 Å². The fraction of sp³-hybridized carbons (Fsp3) is 0.333. The van der Waals surface area contributed by atoms with Gasteiger partial charge in [-0.25, -0.2) is 0 Å². The summed E-state index contributed by atoms with van der Waals surface area (Å²) >= 11 is 0. The Hall–Kier alpha value is -2.10. The van der Waals surface area contributed by atoms with Gasteiger partial charge in [0.25, 0.3) is 0 Å². The lowest BCUT2D eigenvalue weighted by Gasteiger charge is -2.09. The molecule has 0 aliphatic rings. The lowest BCUT2D eigenvalue weighted by Crippen LogP contribution is -2.15. The summed E-state index contributed by atoms with van der Waals surface area (Å²) in [6.45, 7) is 5.88. The lowest BCUT2D eigenvalue weighted by atomic mass is 10.1. The molecule has 4 heteroatoms. The molecule has 1 aromatic carbocycles. The number of anilines is 1. The first-order chi connectivity index (χ1) is 9.08. The van der Waals surface area contributed by atoms with E-state index in [1.54, 1.807) is 6.07 Å². The maximum absolute atomic E-state index is 12.0. The van der Waals surface area contributed by atoms with Gasteiger partial charge in [-0.3, -0.25) is 4.79 Å².